The summed E-state index contributed by atoms with van der Waals surface area (Å²) in [4.78, 5) is 20.0. The number of benzene rings is 2. The van der Waals surface area contributed by atoms with Gasteiger partial charge in [-0.05, 0) is 42.3 Å². The minimum atomic E-state index is -0.0275. The third-order valence-electron chi connectivity index (χ3n) is 4.51. The quantitative estimate of drug-likeness (QED) is 0.427. The summed E-state index contributed by atoms with van der Waals surface area (Å²) in [6.07, 6.45) is 3.06. The molecule has 2 heterocycles. The zero-order chi connectivity index (χ0) is 20.1. The second kappa shape index (κ2) is 9.11. The van der Waals surface area contributed by atoms with Gasteiger partial charge in [0.1, 0.15) is 17.4 Å². The number of nitrogens with one attached hydrogen (secondary N) is 2. The van der Waals surface area contributed by atoms with E-state index in [0.29, 0.717) is 18.2 Å². The van der Waals surface area contributed by atoms with Crippen LogP contribution in [0.4, 0.5) is 0 Å². The SMILES string of the molecule is O=C(Cc1csc(COc2ccc(Cl)cc2)n1)NCCc1c[nH]c2ccccc12. The Labute approximate surface area is 177 Å². The Morgan fingerprint density at radius 1 is 1.17 bits per heavy atom. The highest BCUT2D eigenvalue weighted by Crippen LogP contribution is 2.19. The molecule has 4 rings (SSSR count). The van der Waals surface area contributed by atoms with Gasteiger partial charge in [0.25, 0.3) is 0 Å². The molecule has 2 aromatic heterocycles. The molecule has 0 unspecified atom stereocenters. The van der Waals surface area contributed by atoms with Crippen molar-refractivity contribution in [1.29, 1.82) is 0 Å². The zero-order valence-corrected chi connectivity index (χ0v) is 17.2. The first kappa shape index (κ1) is 19.5. The van der Waals surface area contributed by atoms with Crippen LogP contribution in [0.3, 0.4) is 0 Å². The van der Waals surface area contributed by atoms with Gasteiger partial charge in [-0.1, -0.05) is 29.8 Å². The Kier molecular flexibility index (Phi) is 6.12. The molecular formula is C22H20ClN3O2S. The molecule has 0 spiro atoms. The molecule has 1 amide bonds. The number of ether oxygens (including phenoxy) is 1. The number of para-hydroxylation sites is 1. The second-order valence-corrected chi connectivity index (χ2v) is 7.99. The summed E-state index contributed by atoms with van der Waals surface area (Å²) in [5, 5.41) is 7.58. The number of halogens is 1. The van der Waals surface area contributed by atoms with Crippen LogP contribution in [-0.2, 0) is 24.2 Å². The van der Waals surface area contributed by atoms with Crippen LogP contribution < -0.4 is 10.1 Å². The van der Waals surface area contributed by atoms with Crippen LogP contribution >= 0.6 is 22.9 Å². The van der Waals surface area contributed by atoms with Gasteiger partial charge < -0.3 is 15.0 Å². The van der Waals surface area contributed by atoms with Crippen molar-refractivity contribution in [2.24, 2.45) is 0 Å². The van der Waals surface area contributed by atoms with E-state index in [9.17, 15) is 4.79 Å². The lowest BCUT2D eigenvalue weighted by molar-refractivity contribution is -0.120. The molecule has 5 nitrogen and oxygen atoms in total. The van der Waals surface area contributed by atoms with Gasteiger partial charge in [0, 0.05) is 34.0 Å². The highest BCUT2D eigenvalue weighted by molar-refractivity contribution is 7.09. The largest absolute Gasteiger partial charge is 0.486 e. The van der Waals surface area contributed by atoms with Crippen molar-refractivity contribution in [2.75, 3.05) is 6.54 Å². The Morgan fingerprint density at radius 3 is 2.86 bits per heavy atom. The van der Waals surface area contributed by atoms with Crippen LogP contribution in [0.1, 0.15) is 16.3 Å². The maximum Gasteiger partial charge on any atom is 0.226 e. The normalized spacial score (nSPS) is 10.9. The van der Waals surface area contributed by atoms with Crippen molar-refractivity contribution in [2.45, 2.75) is 19.4 Å². The van der Waals surface area contributed by atoms with Gasteiger partial charge in [0.05, 0.1) is 12.1 Å². The monoisotopic (exact) mass is 425 g/mol. The highest BCUT2D eigenvalue weighted by atomic mass is 35.5. The second-order valence-electron chi connectivity index (χ2n) is 6.61. The number of aromatic nitrogens is 2. The van der Waals surface area contributed by atoms with E-state index in [4.69, 9.17) is 16.3 Å². The van der Waals surface area contributed by atoms with Crippen molar-refractivity contribution in [3.63, 3.8) is 0 Å². The predicted molar refractivity (Wildman–Crippen MR) is 117 cm³/mol. The fraction of sp³-hybridized carbons (Fsp3) is 0.182. The van der Waals surface area contributed by atoms with Crippen molar-refractivity contribution >= 4 is 39.7 Å². The number of amides is 1. The summed E-state index contributed by atoms with van der Waals surface area (Å²) in [6, 6.07) is 15.4. The summed E-state index contributed by atoms with van der Waals surface area (Å²) < 4.78 is 5.69. The third-order valence-corrected chi connectivity index (χ3v) is 5.63. The molecule has 0 saturated carbocycles. The third kappa shape index (κ3) is 5.16. The molecule has 29 heavy (non-hydrogen) atoms. The van der Waals surface area contributed by atoms with E-state index in [1.54, 1.807) is 12.1 Å². The average molecular weight is 426 g/mol. The number of H-pyrrole nitrogens is 1. The van der Waals surface area contributed by atoms with Gasteiger partial charge in [0.2, 0.25) is 5.91 Å². The van der Waals surface area contributed by atoms with Gasteiger partial charge in [0.15, 0.2) is 0 Å². The standard InChI is InChI=1S/C22H20ClN3O2S/c23-16-5-7-18(8-6-16)28-13-22-26-17(14-29-22)11-21(27)24-10-9-15-12-25-20-4-2-1-3-19(15)20/h1-8,12,14,25H,9-11,13H2,(H,24,27). The number of fused-ring (bicyclic) bond motifs is 1. The first-order valence-corrected chi connectivity index (χ1v) is 10.6. The summed E-state index contributed by atoms with van der Waals surface area (Å²) in [6.45, 7) is 0.964. The van der Waals surface area contributed by atoms with Crippen LogP contribution in [0.25, 0.3) is 10.9 Å². The number of rotatable bonds is 8. The fourth-order valence-electron chi connectivity index (χ4n) is 3.07. The molecule has 0 atom stereocenters. The zero-order valence-electron chi connectivity index (χ0n) is 15.7. The maximum atomic E-state index is 12.2. The van der Waals surface area contributed by atoms with E-state index in [-0.39, 0.29) is 12.3 Å². The Hall–Kier alpha value is -2.83. The summed E-state index contributed by atoms with van der Waals surface area (Å²) in [5.74, 6) is 0.710. The summed E-state index contributed by atoms with van der Waals surface area (Å²) in [5.41, 5.74) is 3.08. The van der Waals surface area contributed by atoms with Crippen LogP contribution in [0, 0.1) is 0 Å². The number of aromatic amines is 1. The number of hydrogen-bond acceptors (Lipinski definition) is 4. The molecule has 7 heteroatoms. The molecule has 0 aliphatic heterocycles. The van der Waals surface area contributed by atoms with Crippen LogP contribution in [0.5, 0.6) is 5.75 Å². The Bertz CT molecular complexity index is 1100. The minimum absolute atomic E-state index is 0.0275. The lowest BCUT2D eigenvalue weighted by Crippen LogP contribution is -2.27. The molecule has 0 bridgehead atoms. The molecular weight excluding hydrogens is 406 g/mol. The Morgan fingerprint density at radius 2 is 2.00 bits per heavy atom. The summed E-state index contributed by atoms with van der Waals surface area (Å²) in [7, 11) is 0. The molecule has 0 radical (unpaired) electrons. The maximum absolute atomic E-state index is 12.2. The number of carbonyl (C=O) groups is 1. The Balaban J connectivity index is 1.23. The van der Waals surface area contributed by atoms with Gasteiger partial charge in [-0.15, -0.1) is 11.3 Å². The average Bonchev–Trinajstić information content (AvgIpc) is 3.35. The van der Waals surface area contributed by atoms with E-state index >= 15 is 0 Å². The molecule has 0 saturated heterocycles. The minimum Gasteiger partial charge on any atom is -0.486 e. The van der Waals surface area contributed by atoms with Crippen molar-refractivity contribution in [1.82, 2.24) is 15.3 Å². The molecule has 2 aromatic carbocycles. The smallest absolute Gasteiger partial charge is 0.226 e. The van der Waals surface area contributed by atoms with Crippen LogP contribution in [-0.4, -0.2) is 22.4 Å². The molecule has 0 aliphatic carbocycles. The van der Waals surface area contributed by atoms with Gasteiger partial charge in [-0.2, -0.15) is 0 Å². The van der Waals surface area contributed by atoms with Crippen LogP contribution in [0.2, 0.25) is 5.02 Å². The number of thiazole rings is 1. The number of carbonyl (C=O) groups excluding carboxylic acids is 1. The van der Waals surface area contributed by atoms with E-state index in [1.165, 1.54) is 22.3 Å². The van der Waals surface area contributed by atoms with Gasteiger partial charge >= 0.3 is 0 Å². The molecule has 0 aliphatic rings. The van der Waals surface area contributed by atoms with Crippen LogP contribution in [0.15, 0.2) is 60.1 Å². The van der Waals surface area contributed by atoms with Gasteiger partial charge in [-0.3, -0.25) is 4.79 Å². The lowest BCUT2D eigenvalue weighted by Gasteiger charge is -2.04. The summed E-state index contributed by atoms with van der Waals surface area (Å²) >= 11 is 7.36. The fourth-order valence-corrected chi connectivity index (χ4v) is 3.91. The predicted octanol–water partition coefficient (Wildman–Crippen LogP) is 4.76. The molecule has 2 N–H and O–H groups in total. The molecule has 148 valence electrons. The highest BCUT2D eigenvalue weighted by Gasteiger charge is 2.09. The number of nitrogens with zero attached hydrogens (tertiary/aromatic N) is 1. The number of hydrogen-bond donors (Lipinski definition) is 2. The van der Waals surface area contributed by atoms with E-state index in [0.717, 1.165) is 28.4 Å². The topological polar surface area (TPSA) is 67.0 Å². The molecule has 4 aromatic rings. The molecule has 0 fully saturated rings. The lowest BCUT2D eigenvalue weighted by atomic mass is 10.1. The van der Waals surface area contributed by atoms with E-state index in [2.05, 4.69) is 21.4 Å². The van der Waals surface area contributed by atoms with Gasteiger partial charge in [-0.25, -0.2) is 4.98 Å². The van der Waals surface area contributed by atoms with E-state index < -0.39 is 0 Å². The van der Waals surface area contributed by atoms with Crippen molar-refractivity contribution < 1.29 is 9.53 Å². The van der Waals surface area contributed by atoms with Crippen molar-refractivity contribution in [3.05, 3.63) is 81.4 Å². The first-order chi connectivity index (χ1) is 14.2. The van der Waals surface area contributed by atoms with Crippen molar-refractivity contribution in [3.8, 4) is 5.75 Å². The first-order valence-electron chi connectivity index (χ1n) is 9.31. The van der Waals surface area contributed by atoms with E-state index in [1.807, 2.05) is 41.9 Å².